The van der Waals surface area contributed by atoms with Gasteiger partial charge in [0.2, 0.25) is 5.91 Å². The number of hydrogen-bond donors (Lipinski definition) is 0. The average molecular weight is 426 g/mol. The van der Waals surface area contributed by atoms with Crippen LogP contribution < -0.4 is 18.9 Å². The van der Waals surface area contributed by atoms with Crippen LogP contribution in [0, 0.1) is 0 Å². The van der Waals surface area contributed by atoms with E-state index in [0.717, 1.165) is 35.5 Å². The number of rotatable bonds is 10. The van der Waals surface area contributed by atoms with E-state index in [9.17, 15) is 4.79 Å². The Kier molecular flexibility index (Phi) is 7.45. The van der Waals surface area contributed by atoms with Crippen LogP contribution in [0.25, 0.3) is 6.08 Å². The first-order valence-electron chi connectivity index (χ1n) is 10.5. The van der Waals surface area contributed by atoms with Crippen LogP contribution in [0.3, 0.4) is 0 Å². The van der Waals surface area contributed by atoms with Crippen LogP contribution >= 0.6 is 0 Å². The van der Waals surface area contributed by atoms with E-state index in [1.54, 1.807) is 27.4 Å². The minimum Gasteiger partial charge on any atom is -0.497 e. The summed E-state index contributed by atoms with van der Waals surface area (Å²) in [5, 5.41) is 0. The molecule has 1 saturated carbocycles. The molecule has 1 fully saturated rings. The first-order valence-corrected chi connectivity index (χ1v) is 10.5. The van der Waals surface area contributed by atoms with Gasteiger partial charge in [-0.2, -0.15) is 0 Å². The molecule has 2 aromatic rings. The lowest BCUT2D eigenvalue weighted by Gasteiger charge is -2.22. The van der Waals surface area contributed by atoms with Gasteiger partial charge in [-0.15, -0.1) is 0 Å². The summed E-state index contributed by atoms with van der Waals surface area (Å²) in [7, 11) is 4.87. The Morgan fingerprint density at radius 2 is 1.71 bits per heavy atom. The van der Waals surface area contributed by atoms with Gasteiger partial charge in [0.05, 0.1) is 34.0 Å². The van der Waals surface area contributed by atoms with Crippen molar-refractivity contribution in [2.75, 3.05) is 21.3 Å². The van der Waals surface area contributed by atoms with Gasteiger partial charge in [-0.05, 0) is 68.7 Å². The summed E-state index contributed by atoms with van der Waals surface area (Å²) in [5.74, 6) is 2.78. The Morgan fingerprint density at radius 1 is 1.00 bits per heavy atom. The summed E-state index contributed by atoms with van der Waals surface area (Å²) in [4.78, 5) is 14.9. The third-order valence-electron chi connectivity index (χ3n) is 5.07. The summed E-state index contributed by atoms with van der Waals surface area (Å²) >= 11 is 0. The van der Waals surface area contributed by atoms with Gasteiger partial charge in [-0.1, -0.05) is 6.07 Å². The Balaban J connectivity index is 1.77. The van der Waals surface area contributed by atoms with Crippen molar-refractivity contribution in [2.45, 2.75) is 45.4 Å². The first kappa shape index (κ1) is 22.5. The number of hydrogen-bond acceptors (Lipinski definition) is 5. The van der Waals surface area contributed by atoms with E-state index in [-0.39, 0.29) is 18.1 Å². The van der Waals surface area contributed by atoms with Gasteiger partial charge in [-0.3, -0.25) is 4.79 Å². The van der Waals surface area contributed by atoms with Crippen molar-refractivity contribution >= 4 is 12.0 Å². The Bertz CT molecular complexity index is 934. The van der Waals surface area contributed by atoms with Crippen molar-refractivity contribution < 1.29 is 23.7 Å². The van der Waals surface area contributed by atoms with Gasteiger partial charge < -0.3 is 23.8 Å². The molecule has 0 aliphatic heterocycles. The molecule has 0 unspecified atom stereocenters. The minimum atomic E-state index is -0.0335. The number of amides is 1. The zero-order valence-corrected chi connectivity index (χ0v) is 18.9. The second kappa shape index (κ2) is 10.2. The average Bonchev–Trinajstić information content (AvgIpc) is 3.61. The number of carbonyl (C=O) groups is 1. The predicted octanol–water partition coefficient (Wildman–Crippen LogP) is 4.70. The summed E-state index contributed by atoms with van der Waals surface area (Å²) in [6, 6.07) is 11.5. The molecule has 3 rings (SSSR count). The van der Waals surface area contributed by atoms with Gasteiger partial charge in [-0.25, -0.2) is 0 Å². The van der Waals surface area contributed by atoms with Crippen LogP contribution in [0.4, 0.5) is 0 Å². The summed E-state index contributed by atoms with van der Waals surface area (Å²) < 4.78 is 22.0. The zero-order chi connectivity index (χ0) is 22.4. The molecule has 1 aliphatic carbocycles. The highest BCUT2D eigenvalue weighted by Gasteiger charge is 2.32. The van der Waals surface area contributed by atoms with E-state index >= 15 is 0 Å². The lowest BCUT2D eigenvalue weighted by molar-refractivity contribution is -0.127. The highest BCUT2D eigenvalue weighted by molar-refractivity contribution is 5.92. The quantitative estimate of drug-likeness (QED) is 0.516. The van der Waals surface area contributed by atoms with Gasteiger partial charge >= 0.3 is 0 Å². The molecule has 0 aromatic heterocycles. The predicted molar refractivity (Wildman–Crippen MR) is 121 cm³/mol. The van der Waals surface area contributed by atoms with Crippen LogP contribution in [0.1, 0.15) is 37.8 Å². The standard InChI is InChI=1S/C25H31NO5/c1-17(2)31-23-11-6-18(14-24(23)30-5)7-13-25(27)26(20-8-9-20)16-19-15-21(28-3)10-12-22(19)29-4/h6-7,10-15,17,20H,8-9,16H2,1-5H3/b13-7+. The molecular formula is C25H31NO5. The molecule has 1 aliphatic rings. The lowest BCUT2D eigenvalue weighted by Crippen LogP contribution is -2.31. The van der Waals surface area contributed by atoms with Crippen molar-refractivity contribution in [3.8, 4) is 23.0 Å². The highest BCUT2D eigenvalue weighted by atomic mass is 16.5. The zero-order valence-electron chi connectivity index (χ0n) is 18.9. The Morgan fingerprint density at radius 3 is 2.32 bits per heavy atom. The van der Waals surface area contributed by atoms with Crippen molar-refractivity contribution in [2.24, 2.45) is 0 Å². The van der Waals surface area contributed by atoms with Gasteiger partial charge in [0.25, 0.3) is 0 Å². The molecule has 0 spiro atoms. The fourth-order valence-corrected chi connectivity index (χ4v) is 3.36. The van der Waals surface area contributed by atoms with E-state index < -0.39 is 0 Å². The molecule has 6 nitrogen and oxygen atoms in total. The number of ether oxygens (including phenoxy) is 4. The highest BCUT2D eigenvalue weighted by Crippen LogP contribution is 2.33. The van der Waals surface area contributed by atoms with Gasteiger partial charge in [0.15, 0.2) is 11.5 Å². The molecule has 0 radical (unpaired) electrons. The molecule has 0 saturated heterocycles. The van der Waals surface area contributed by atoms with Crippen molar-refractivity contribution in [3.63, 3.8) is 0 Å². The van der Waals surface area contributed by atoms with Gasteiger partial charge in [0, 0.05) is 17.7 Å². The maximum absolute atomic E-state index is 13.0. The molecule has 0 bridgehead atoms. The molecule has 2 aromatic carbocycles. The summed E-state index contributed by atoms with van der Waals surface area (Å²) in [6.07, 6.45) is 5.50. The summed E-state index contributed by atoms with van der Waals surface area (Å²) in [5.41, 5.74) is 1.79. The number of nitrogens with zero attached hydrogens (tertiary/aromatic N) is 1. The second-order valence-corrected chi connectivity index (χ2v) is 7.79. The minimum absolute atomic E-state index is 0.0335. The largest absolute Gasteiger partial charge is 0.497 e. The second-order valence-electron chi connectivity index (χ2n) is 7.79. The third kappa shape index (κ3) is 5.94. The van der Waals surface area contributed by atoms with Crippen LogP contribution in [0.2, 0.25) is 0 Å². The Hall–Kier alpha value is -3.15. The number of methoxy groups -OCH3 is 3. The molecule has 0 atom stereocenters. The molecule has 166 valence electrons. The van der Waals surface area contributed by atoms with Crippen LogP contribution in [-0.2, 0) is 11.3 Å². The van der Waals surface area contributed by atoms with Crippen LogP contribution in [0.15, 0.2) is 42.5 Å². The fourth-order valence-electron chi connectivity index (χ4n) is 3.36. The van der Waals surface area contributed by atoms with E-state index in [4.69, 9.17) is 18.9 Å². The topological polar surface area (TPSA) is 57.2 Å². The number of carbonyl (C=O) groups excluding carboxylic acids is 1. The van der Waals surface area contributed by atoms with E-state index in [0.29, 0.717) is 18.0 Å². The summed E-state index contributed by atoms with van der Waals surface area (Å²) in [6.45, 7) is 4.41. The SMILES string of the molecule is COc1ccc(OC)c(CN(C(=O)/C=C/c2ccc(OC(C)C)c(OC)c2)C2CC2)c1. The number of benzene rings is 2. The van der Waals surface area contributed by atoms with E-state index in [1.807, 2.05) is 61.2 Å². The molecule has 0 N–H and O–H groups in total. The van der Waals surface area contributed by atoms with Gasteiger partial charge in [0.1, 0.15) is 11.5 Å². The monoisotopic (exact) mass is 425 g/mol. The van der Waals surface area contributed by atoms with E-state index in [2.05, 4.69) is 0 Å². The van der Waals surface area contributed by atoms with Crippen LogP contribution in [0.5, 0.6) is 23.0 Å². The first-order chi connectivity index (χ1) is 14.9. The molecule has 1 amide bonds. The smallest absolute Gasteiger partial charge is 0.247 e. The van der Waals surface area contributed by atoms with Crippen molar-refractivity contribution in [1.29, 1.82) is 0 Å². The normalized spacial score (nSPS) is 13.4. The van der Waals surface area contributed by atoms with Crippen molar-refractivity contribution in [3.05, 3.63) is 53.6 Å². The van der Waals surface area contributed by atoms with Crippen LogP contribution in [-0.4, -0.2) is 44.3 Å². The maximum Gasteiger partial charge on any atom is 0.247 e. The maximum atomic E-state index is 13.0. The lowest BCUT2D eigenvalue weighted by atomic mass is 10.1. The van der Waals surface area contributed by atoms with Crippen molar-refractivity contribution in [1.82, 2.24) is 4.90 Å². The molecular weight excluding hydrogens is 394 g/mol. The van der Waals surface area contributed by atoms with E-state index in [1.165, 1.54) is 0 Å². The fraction of sp³-hybridized carbons (Fsp3) is 0.400. The molecule has 31 heavy (non-hydrogen) atoms. The third-order valence-corrected chi connectivity index (χ3v) is 5.07. The molecule has 6 heteroatoms. The molecule has 0 heterocycles. The Labute approximate surface area is 184 Å².